The third kappa shape index (κ3) is 9.76. The Labute approximate surface area is 185 Å². The van der Waals surface area contributed by atoms with Crippen LogP contribution in [0.2, 0.25) is 0 Å². The number of ether oxygens (including phenoxy) is 5. The average molecular weight is 442 g/mol. The molecule has 1 aromatic rings. The van der Waals surface area contributed by atoms with Gasteiger partial charge in [-0.25, -0.2) is 4.79 Å². The highest BCUT2D eigenvalue weighted by atomic mass is 16.6. The van der Waals surface area contributed by atoms with Crippen molar-refractivity contribution in [2.45, 2.75) is 41.5 Å². The highest BCUT2D eigenvalue weighted by Gasteiger charge is 2.25. The summed E-state index contributed by atoms with van der Waals surface area (Å²) >= 11 is 0. The fourth-order valence-corrected chi connectivity index (χ4v) is 2.73. The molecule has 0 saturated carbocycles. The van der Waals surface area contributed by atoms with Crippen molar-refractivity contribution in [3.05, 3.63) is 17.7 Å². The SMILES string of the molecule is CC.CC1(C)COCCOCCOc2cc(N)c(C(=O)O)cc2OCC(C)(C)COC1. The molecule has 0 atom stereocenters. The summed E-state index contributed by atoms with van der Waals surface area (Å²) < 4.78 is 28.8. The summed E-state index contributed by atoms with van der Waals surface area (Å²) in [4.78, 5) is 11.4. The van der Waals surface area contributed by atoms with Crippen LogP contribution in [-0.2, 0) is 14.2 Å². The molecule has 3 N–H and O–H groups in total. The van der Waals surface area contributed by atoms with Crippen molar-refractivity contribution >= 4 is 11.7 Å². The van der Waals surface area contributed by atoms with Crippen LogP contribution >= 0.6 is 0 Å². The summed E-state index contributed by atoms with van der Waals surface area (Å²) in [5.74, 6) is -0.405. The fourth-order valence-electron chi connectivity index (χ4n) is 2.73. The van der Waals surface area contributed by atoms with Crippen LogP contribution in [0.25, 0.3) is 0 Å². The Morgan fingerprint density at radius 3 is 1.97 bits per heavy atom. The molecule has 0 aliphatic carbocycles. The first-order valence-electron chi connectivity index (χ1n) is 10.8. The van der Waals surface area contributed by atoms with E-state index in [4.69, 9.17) is 29.4 Å². The second-order valence-electron chi connectivity index (χ2n) is 8.81. The van der Waals surface area contributed by atoms with Gasteiger partial charge in [-0.3, -0.25) is 0 Å². The molecule has 1 aliphatic heterocycles. The van der Waals surface area contributed by atoms with E-state index in [0.717, 1.165) is 0 Å². The number of rotatable bonds is 1. The second-order valence-corrected chi connectivity index (χ2v) is 8.81. The van der Waals surface area contributed by atoms with Crippen molar-refractivity contribution in [2.24, 2.45) is 10.8 Å². The van der Waals surface area contributed by atoms with E-state index in [9.17, 15) is 9.90 Å². The monoisotopic (exact) mass is 441 g/mol. The number of nitrogens with two attached hydrogens (primary N) is 1. The molecule has 0 saturated heterocycles. The molecule has 8 nitrogen and oxygen atoms in total. The van der Waals surface area contributed by atoms with Crippen LogP contribution in [0, 0.1) is 10.8 Å². The minimum atomic E-state index is -1.12. The molecule has 1 aliphatic rings. The molecule has 0 amide bonds. The molecule has 1 heterocycles. The Balaban J connectivity index is 0.00000233. The van der Waals surface area contributed by atoms with Gasteiger partial charge in [-0.1, -0.05) is 41.5 Å². The second kappa shape index (κ2) is 12.7. The van der Waals surface area contributed by atoms with E-state index in [1.807, 2.05) is 27.7 Å². The summed E-state index contributed by atoms with van der Waals surface area (Å²) in [6.07, 6.45) is 0. The van der Waals surface area contributed by atoms with Gasteiger partial charge in [0.2, 0.25) is 0 Å². The van der Waals surface area contributed by atoms with Gasteiger partial charge in [0, 0.05) is 23.0 Å². The molecule has 2 rings (SSSR count). The molecule has 0 fully saturated rings. The van der Waals surface area contributed by atoms with Crippen LogP contribution in [0.3, 0.4) is 0 Å². The molecular formula is C23H39NO7. The lowest BCUT2D eigenvalue weighted by Crippen LogP contribution is -2.32. The molecule has 178 valence electrons. The van der Waals surface area contributed by atoms with Crippen molar-refractivity contribution in [3.63, 3.8) is 0 Å². The van der Waals surface area contributed by atoms with Crippen LogP contribution < -0.4 is 15.2 Å². The smallest absolute Gasteiger partial charge is 0.337 e. The lowest BCUT2D eigenvalue weighted by Gasteiger charge is -2.29. The summed E-state index contributed by atoms with van der Waals surface area (Å²) in [7, 11) is 0. The summed E-state index contributed by atoms with van der Waals surface area (Å²) in [6, 6.07) is 2.87. The van der Waals surface area contributed by atoms with Gasteiger partial charge < -0.3 is 34.5 Å². The molecule has 1 aromatic carbocycles. The molecule has 0 spiro atoms. The van der Waals surface area contributed by atoms with E-state index in [1.54, 1.807) is 0 Å². The Kier molecular flexibility index (Phi) is 11.1. The van der Waals surface area contributed by atoms with E-state index in [-0.39, 0.29) is 28.7 Å². The molecule has 8 heteroatoms. The first-order valence-corrected chi connectivity index (χ1v) is 10.8. The lowest BCUT2D eigenvalue weighted by atomic mass is 9.94. The largest absolute Gasteiger partial charge is 0.489 e. The number of carboxylic acids is 1. The molecule has 0 radical (unpaired) electrons. The zero-order valence-corrected chi connectivity index (χ0v) is 19.8. The zero-order valence-electron chi connectivity index (χ0n) is 19.8. The maximum Gasteiger partial charge on any atom is 0.337 e. The fraction of sp³-hybridized carbons (Fsp3) is 0.696. The predicted octanol–water partition coefficient (Wildman–Crippen LogP) is 3.87. The van der Waals surface area contributed by atoms with Crippen LogP contribution in [0.15, 0.2) is 12.1 Å². The minimum Gasteiger partial charge on any atom is -0.489 e. The maximum absolute atomic E-state index is 11.4. The maximum atomic E-state index is 11.4. The van der Waals surface area contributed by atoms with Crippen LogP contribution in [-0.4, -0.2) is 63.9 Å². The first kappa shape index (κ1) is 27.0. The van der Waals surface area contributed by atoms with E-state index in [0.29, 0.717) is 57.7 Å². The molecule has 0 bridgehead atoms. The van der Waals surface area contributed by atoms with Crippen molar-refractivity contribution < 1.29 is 33.6 Å². The number of anilines is 1. The molecule has 31 heavy (non-hydrogen) atoms. The van der Waals surface area contributed by atoms with Gasteiger partial charge in [-0.05, 0) is 0 Å². The Bertz CT molecular complexity index is 689. The summed E-state index contributed by atoms with van der Waals surface area (Å²) in [5.41, 5.74) is 5.53. The van der Waals surface area contributed by atoms with E-state index < -0.39 is 5.97 Å². The van der Waals surface area contributed by atoms with Gasteiger partial charge in [-0.2, -0.15) is 0 Å². The average Bonchev–Trinajstić information content (AvgIpc) is 2.69. The number of carboxylic acid groups (broad SMARTS) is 1. The van der Waals surface area contributed by atoms with Crippen molar-refractivity contribution in [3.8, 4) is 11.5 Å². The van der Waals surface area contributed by atoms with Gasteiger partial charge in [0.25, 0.3) is 0 Å². The normalized spacial score (nSPS) is 19.9. The lowest BCUT2D eigenvalue weighted by molar-refractivity contribution is -0.0420. The number of aromatic carboxylic acids is 1. The van der Waals surface area contributed by atoms with Gasteiger partial charge in [0.05, 0.1) is 57.5 Å². The number of hydrogen-bond acceptors (Lipinski definition) is 7. The summed E-state index contributed by atoms with van der Waals surface area (Å²) in [6.45, 7) is 15.7. The third-order valence-electron chi connectivity index (χ3n) is 4.30. The number of hydrogen-bond donors (Lipinski definition) is 2. The predicted molar refractivity (Wildman–Crippen MR) is 120 cm³/mol. The Hall–Kier alpha value is -2.03. The highest BCUT2D eigenvalue weighted by molar-refractivity contribution is 5.94. The van der Waals surface area contributed by atoms with Crippen molar-refractivity contribution in [1.29, 1.82) is 0 Å². The van der Waals surface area contributed by atoms with Gasteiger partial charge in [-0.15, -0.1) is 0 Å². The minimum absolute atomic E-state index is 0.0255. The number of carbonyl (C=O) groups is 1. The topological polar surface area (TPSA) is 109 Å². The van der Waals surface area contributed by atoms with E-state index in [1.165, 1.54) is 12.1 Å². The van der Waals surface area contributed by atoms with Crippen LogP contribution in [0.4, 0.5) is 5.69 Å². The van der Waals surface area contributed by atoms with Crippen LogP contribution in [0.5, 0.6) is 11.5 Å². The number of fused-ring (bicyclic) bond motifs is 1. The van der Waals surface area contributed by atoms with Crippen LogP contribution in [0.1, 0.15) is 51.9 Å². The van der Waals surface area contributed by atoms with Gasteiger partial charge >= 0.3 is 5.97 Å². The van der Waals surface area contributed by atoms with E-state index in [2.05, 4.69) is 13.8 Å². The molecule has 0 aromatic heterocycles. The standard InChI is InChI=1S/C21H33NO7.C2H6/c1-20(2)11-26-6-5-25-7-8-28-18-10-16(22)15(19(23)24)9-17(18)29-14-21(3,4)13-27-12-20;1-2/h9-10H,5-8,11-14,22H2,1-4H3,(H,23,24);1-2H3. The Morgan fingerprint density at radius 2 is 1.32 bits per heavy atom. The molecule has 0 unspecified atom stereocenters. The van der Waals surface area contributed by atoms with E-state index >= 15 is 0 Å². The third-order valence-corrected chi connectivity index (χ3v) is 4.30. The van der Waals surface area contributed by atoms with Gasteiger partial charge in [0.15, 0.2) is 11.5 Å². The highest BCUT2D eigenvalue weighted by Crippen LogP contribution is 2.34. The summed E-state index contributed by atoms with van der Waals surface area (Å²) in [5, 5.41) is 9.35. The van der Waals surface area contributed by atoms with Gasteiger partial charge in [0.1, 0.15) is 6.61 Å². The quantitative estimate of drug-likeness (QED) is 0.632. The Morgan fingerprint density at radius 1 is 0.806 bits per heavy atom. The van der Waals surface area contributed by atoms with Crippen molar-refractivity contribution in [1.82, 2.24) is 0 Å². The number of benzene rings is 1. The van der Waals surface area contributed by atoms with Crippen molar-refractivity contribution in [2.75, 3.05) is 58.6 Å². The molecular weight excluding hydrogens is 402 g/mol. The number of nitrogen functional groups attached to an aromatic ring is 1. The first-order chi connectivity index (χ1) is 14.6. The zero-order chi connectivity index (χ0) is 23.5.